The van der Waals surface area contributed by atoms with E-state index in [1.165, 1.54) is 0 Å². The zero-order chi connectivity index (χ0) is 15.5. The second kappa shape index (κ2) is 6.49. The quantitative estimate of drug-likeness (QED) is 0.579. The van der Waals surface area contributed by atoms with Crippen molar-refractivity contribution in [2.75, 3.05) is 6.17 Å². The maximum Gasteiger partial charge on any atom is 0.334 e. The molecule has 0 saturated carbocycles. The fourth-order valence-electron chi connectivity index (χ4n) is 1.78. The third kappa shape index (κ3) is 9.33. The lowest BCUT2D eigenvalue weighted by molar-refractivity contribution is -0.117. The van der Waals surface area contributed by atoms with E-state index >= 15 is 0 Å². The molecule has 0 aromatic carbocycles. The molecule has 0 aliphatic rings. The largest absolute Gasteiger partial charge is 0.436 e. The van der Waals surface area contributed by atoms with Crippen LogP contribution in [0, 0.1) is 0 Å². The molecule has 0 heterocycles. The summed E-state index contributed by atoms with van der Waals surface area (Å²) in [5.74, 6) is -0.128. The second-order valence-electron chi connectivity index (χ2n) is 7.03. The minimum Gasteiger partial charge on any atom is -0.436 e. The molecular formula is C12H29NO3Si3. The van der Waals surface area contributed by atoms with E-state index in [0.717, 1.165) is 0 Å². The normalized spacial score (nSPS) is 13.3. The second-order valence-corrected chi connectivity index (χ2v) is 19.7. The molecule has 19 heavy (non-hydrogen) atoms. The van der Waals surface area contributed by atoms with E-state index in [4.69, 9.17) is 8.23 Å². The van der Waals surface area contributed by atoms with Crippen LogP contribution in [-0.4, -0.2) is 37.3 Å². The fourth-order valence-corrected chi connectivity index (χ4v) is 13.7. The first kappa shape index (κ1) is 18.8. The summed E-state index contributed by atoms with van der Waals surface area (Å²) in [4.78, 5) is 11.6. The number of amides is 1. The molecule has 0 spiro atoms. The first-order chi connectivity index (χ1) is 8.24. The van der Waals surface area contributed by atoms with Crippen molar-refractivity contribution in [1.82, 2.24) is 5.32 Å². The summed E-state index contributed by atoms with van der Waals surface area (Å²) in [6.45, 7) is 20.3. The zero-order valence-corrected chi connectivity index (χ0v) is 16.6. The minimum atomic E-state index is -2.38. The summed E-state index contributed by atoms with van der Waals surface area (Å²) >= 11 is 0. The summed E-state index contributed by atoms with van der Waals surface area (Å²) in [6, 6.07) is 0. The Hall–Kier alpha value is -0.219. The van der Waals surface area contributed by atoms with E-state index in [1.807, 2.05) is 6.55 Å². The van der Waals surface area contributed by atoms with Crippen LogP contribution < -0.4 is 5.32 Å². The first-order valence-corrected chi connectivity index (χ1v) is 15.9. The Balaban J connectivity index is 4.86. The number of carbonyl (C=O) groups excluding carboxylic acids is 1. The molecular weight excluding hydrogens is 290 g/mol. The highest BCUT2D eigenvalue weighted by molar-refractivity contribution is 6.87. The minimum absolute atomic E-state index is 0.128. The van der Waals surface area contributed by atoms with Gasteiger partial charge in [0.15, 0.2) is 16.6 Å². The van der Waals surface area contributed by atoms with Crippen molar-refractivity contribution < 1.29 is 13.0 Å². The Labute approximate surface area is 121 Å². The Morgan fingerprint density at radius 1 is 1.00 bits per heavy atom. The van der Waals surface area contributed by atoms with Crippen molar-refractivity contribution in [3.8, 4) is 0 Å². The lowest BCUT2D eigenvalue weighted by Gasteiger charge is -2.38. The summed E-state index contributed by atoms with van der Waals surface area (Å²) in [5, 5.41) is 2.89. The van der Waals surface area contributed by atoms with Crippen molar-refractivity contribution in [3.05, 3.63) is 12.2 Å². The van der Waals surface area contributed by atoms with Crippen molar-refractivity contribution in [2.45, 2.75) is 52.8 Å². The zero-order valence-electron chi connectivity index (χ0n) is 13.6. The van der Waals surface area contributed by atoms with Crippen LogP contribution in [0.15, 0.2) is 12.2 Å². The number of rotatable bonds is 7. The van der Waals surface area contributed by atoms with Gasteiger partial charge in [0.2, 0.25) is 5.91 Å². The average Bonchev–Trinajstić information content (AvgIpc) is 2.07. The number of hydrogen-bond acceptors (Lipinski definition) is 3. The molecule has 1 N–H and O–H groups in total. The van der Waals surface area contributed by atoms with Gasteiger partial charge < -0.3 is 13.5 Å². The van der Waals surface area contributed by atoms with Gasteiger partial charge in [0.05, 0.1) is 6.17 Å². The van der Waals surface area contributed by atoms with Crippen LogP contribution in [0.3, 0.4) is 0 Å². The molecule has 0 bridgehead atoms. The van der Waals surface area contributed by atoms with Gasteiger partial charge in [-0.05, 0) is 52.8 Å². The Morgan fingerprint density at radius 2 is 1.37 bits per heavy atom. The van der Waals surface area contributed by atoms with Gasteiger partial charge in [0, 0.05) is 5.57 Å². The molecule has 0 aliphatic carbocycles. The van der Waals surface area contributed by atoms with Gasteiger partial charge in [0.1, 0.15) is 0 Å². The molecule has 0 rings (SSSR count). The highest BCUT2D eigenvalue weighted by atomic mass is 28.5. The van der Waals surface area contributed by atoms with Gasteiger partial charge in [0.25, 0.3) is 0 Å². The predicted octanol–water partition coefficient (Wildman–Crippen LogP) is 2.99. The highest BCUT2D eigenvalue weighted by Gasteiger charge is 2.40. The van der Waals surface area contributed by atoms with E-state index in [0.29, 0.717) is 11.7 Å². The van der Waals surface area contributed by atoms with E-state index < -0.39 is 25.2 Å². The lowest BCUT2D eigenvalue weighted by Crippen LogP contribution is -2.58. The van der Waals surface area contributed by atoms with E-state index in [9.17, 15) is 4.79 Å². The van der Waals surface area contributed by atoms with Gasteiger partial charge in [-0.15, -0.1) is 0 Å². The lowest BCUT2D eigenvalue weighted by atomic mass is 10.3. The average molecular weight is 320 g/mol. The maximum absolute atomic E-state index is 11.6. The number of carbonyl (C=O) groups is 1. The molecule has 1 amide bonds. The van der Waals surface area contributed by atoms with Crippen LogP contribution in [0.2, 0.25) is 45.8 Å². The van der Waals surface area contributed by atoms with Crippen LogP contribution in [0.1, 0.15) is 6.92 Å². The van der Waals surface area contributed by atoms with Crippen LogP contribution in [0.25, 0.3) is 0 Å². The Morgan fingerprint density at radius 3 is 1.63 bits per heavy atom. The van der Waals surface area contributed by atoms with E-state index in [-0.39, 0.29) is 5.91 Å². The fraction of sp³-hybridized carbons (Fsp3) is 0.750. The van der Waals surface area contributed by atoms with Crippen LogP contribution in [0.5, 0.6) is 0 Å². The van der Waals surface area contributed by atoms with Crippen LogP contribution in [-0.2, 0) is 13.0 Å². The van der Waals surface area contributed by atoms with Crippen LogP contribution >= 0.6 is 0 Å². The van der Waals surface area contributed by atoms with Gasteiger partial charge in [-0.25, -0.2) is 0 Å². The molecule has 0 unspecified atom stereocenters. The summed E-state index contributed by atoms with van der Waals surface area (Å²) in [5.41, 5.74) is 0.511. The van der Waals surface area contributed by atoms with Gasteiger partial charge in [-0.2, -0.15) is 0 Å². The Bertz CT molecular complexity index is 329. The van der Waals surface area contributed by atoms with Crippen molar-refractivity contribution in [3.63, 3.8) is 0 Å². The van der Waals surface area contributed by atoms with Crippen molar-refractivity contribution in [2.24, 2.45) is 0 Å². The summed E-state index contributed by atoms with van der Waals surface area (Å²) in [6.07, 6.45) is 0.479. The Kier molecular flexibility index (Phi) is 6.41. The van der Waals surface area contributed by atoms with E-state index in [2.05, 4.69) is 51.2 Å². The molecule has 7 heteroatoms. The molecule has 0 saturated heterocycles. The third-order valence-corrected chi connectivity index (χ3v) is 11.2. The smallest absolute Gasteiger partial charge is 0.334 e. The standard InChI is InChI=1S/C12H29NO3Si3/c1-11(2)12(14)13-10-19(9,15-17(3,4)5)16-18(6,7)8/h1,10H2,2-9H3,(H,13,14). The van der Waals surface area contributed by atoms with Crippen molar-refractivity contribution in [1.29, 1.82) is 0 Å². The number of nitrogens with one attached hydrogen (secondary N) is 1. The predicted molar refractivity (Wildman–Crippen MR) is 88.3 cm³/mol. The SMILES string of the molecule is C=C(C)C(=O)NC[Si](C)(O[Si](C)(C)C)O[Si](C)(C)C. The molecule has 0 fully saturated rings. The monoisotopic (exact) mass is 319 g/mol. The number of hydrogen-bond donors (Lipinski definition) is 1. The first-order valence-electron chi connectivity index (χ1n) is 6.58. The van der Waals surface area contributed by atoms with Gasteiger partial charge in [-0.1, -0.05) is 6.58 Å². The van der Waals surface area contributed by atoms with Crippen LogP contribution in [0.4, 0.5) is 0 Å². The molecule has 0 atom stereocenters. The molecule has 0 radical (unpaired) electrons. The van der Waals surface area contributed by atoms with E-state index in [1.54, 1.807) is 6.92 Å². The topological polar surface area (TPSA) is 47.6 Å². The maximum atomic E-state index is 11.6. The highest BCUT2D eigenvalue weighted by Crippen LogP contribution is 2.20. The van der Waals surface area contributed by atoms with Gasteiger partial charge >= 0.3 is 8.56 Å². The molecule has 0 aromatic heterocycles. The van der Waals surface area contributed by atoms with Crippen molar-refractivity contribution >= 4 is 31.1 Å². The third-order valence-electron chi connectivity index (χ3n) is 2.00. The summed E-state index contributed by atoms with van der Waals surface area (Å²) < 4.78 is 12.6. The summed E-state index contributed by atoms with van der Waals surface area (Å²) in [7, 11) is -5.79. The molecule has 0 aliphatic heterocycles. The van der Waals surface area contributed by atoms with Gasteiger partial charge in [-0.3, -0.25) is 4.79 Å². The molecule has 4 nitrogen and oxygen atoms in total. The molecule has 112 valence electrons. The molecule has 0 aromatic rings.